The summed E-state index contributed by atoms with van der Waals surface area (Å²) < 4.78 is 0. The third kappa shape index (κ3) is 2.80. The van der Waals surface area contributed by atoms with Crippen LogP contribution in [0.4, 0.5) is 0 Å². The number of rotatable bonds is 5. The minimum Gasteiger partial charge on any atom is -0.396 e. The van der Waals surface area contributed by atoms with Crippen LogP contribution in [0.3, 0.4) is 0 Å². The zero-order valence-corrected chi connectivity index (χ0v) is 10.7. The maximum atomic E-state index is 9.33. The summed E-state index contributed by atoms with van der Waals surface area (Å²) in [5, 5.41) is 10.0. The fourth-order valence-corrected chi connectivity index (χ4v) is 3.90. The number of hydrogen-bond acceptors (Lipinski definition) is 2. The lowest BCUT2D eigenvalue weighted by Gasteiger charge is -2.16. The van der Waals surface area contributed by atoms with Gasteiger partial charge in [-0.1, -0.05) is 31.5 Å². The van der Waals surface area contributed by atoms with Crippen molar-refractivity contribution in [2.75, 3.05) is 6.61 Å². The first-order chi connectivity index (χ1) is 7.83. The van der Waals surface area contributed by atoms with Crippen molar-refractivity contribution in [2.24, 2.45) is 5.92 Å². The van der Waals surface area contributed by atoms with Gasteiger partial charge in [-0.2, -0.15) is 0 Å². The van der Waals surface area contributed by atoms with Gasteiger partial charge in [0, 0.05) is 16.8 Å². The molecule has 0 aliphatic carbocycles. The average Bonchev–Trinajstić information content (AvgIpc) is 2.70. The highest BCUT2D eigenvalue weighted by molar-refractivity contribution is 8.00. The molecule has 0 saturated heterocycles. The van der Waals surface area contributed by atoms with Crippen LogP contribution < -0.4 is 0 Å². The number of thioether (sulfide) groups is 1. The standard InChI is InChI=1S/C14H20OS/c1-2-5-11(10-15)8-13-9-12-6-3-4-7-14(12)16-13/h3-4,6-7,11,13,15H,2,5,8-10H2,1H3. The Morgan fingerprint density at radius 3 is 2.94 bits per heavy atom. The molecule has 0 bridgehead atoms. The van der Waals surface area contributed by atoms with Crippen LogP contribution in [-0.2, 0) is 6.42 Å². The predicted molar refractivity (Wildman–Crippen MR) is 69.9 cm³/mol. The van der Waals surface area contributed by atoms with Crippen LogP contribution in [0.5, 0.6) is 0 Å². The molecular formula is C14H20OS. The first kappa shape index (κ1) is 12.0. The van der Waals surface area contributed by atoms with Crippen molar-refractivity contribution in [3.63, 3.8) is 0 Å². The van der Waals surface area contributed by atoms with E-state index in [4.69, 9.17) is 0 Å². The molecule has 0 amide bonds. The lowest BCUT2D eigenvalue weighted by Crippen LogP contribution is -2.13. The van der Waals surface area contributed by atoms with Gasteiger partial charge in [-0.25, -0.2) is 0 Å². The van der Waals surface area contributed by atoms with Gasteiger partial charge in [-0.15, -0.1) is 11.8 Å². The molecule has 2 unspecified atom stereocenters. The van der Waals surface area contributed by atoms with Gasteiger partial charge in [-0.05, 0) is 36.8 Å². The average molecular weight is 236 g/mol. The van der Waals surface area contributed by atoms with Gasteiger partial charge in [0.15, 0.2) is 0 Å². The zero-order valence-electron chi connectivity index (χ0n) is 9.86. The molecule has 88 valence electrons. The summed E-state index contributed by atoms with van der Waals surface area (Å²) in [4.78, 5) is 1.45. The van der Waals surface area contributed by atoms with Gasteiger partial charge in [0.1, 0.15) is 0 Å². The molecule has 0 saturated carbocycles. The molecule has 1 aliphatic rings. The Kier molecular flexibility index (Phi) is 4.30. The Bertz CT molecular complexity index is 312. The Labute approximate surface area is 102 Å². The van der Waals surface area contributed by atoms with Crippen molar-refractivity contribution in [3.05, 3.63) is 29.8 Å². The Morgan fingerprint density at radius 1 is 1.44 bits per heavy atom. The molecule has 0 radical (unpaired) electrons. The summed E-state index contributed by atoms with van der Waals surface area (Å²) in [5.41, 5.74) is 1.49. The Balaban J connectivity index is 1.91. The maximum absolute atomic E-state index is 9.33. The summed E-state index contributed by atoms with van der Waals surface area (Å²) >= 11 is 1.99. The number of aliphatic hydroxyl groups excluding tert-OH is 1. The van der Waals surface area contributed by atoms with E-state index in [0.717, 1.165) is 12.8 Å². The topological polar surface area (TPSA) is 20.2 Å². The molecule has 2 heteroatoms. The van der Waals surface area contributed by atoms with Gasteiger partial charge in [0.05, 0.1) is 0 Å². The van der Waals surface area contributed by atoms with E-state index in [1.165, 1.54) is 23.3 Å². The smallest absolute Gasteiger partial charge is 0.0459 e. The number of aliphatic hydroxyl groups is 1. The van der Waals surface area contributed by atoms with Gasteiger partial charge < -0.3 is 5.11 Å². The minimum absolute atomic E-state index is 0.348. The van der Waals surface area contributed by atoms with Crippen molar-refractivity contribution in [1.82, 2.24) is 0 Å². The Hall–Kier alpha value is -0.470. The lowest BCUT2D eigenvalue weighted by molar-refractivity contribution is 0.209. The monoisotopic (exact) mass is 236 g/mol. The fraction of sp³-hybridized carbons (Fsp3) is 0.571. The van der Waals surface area contributed by atoms with E-state index in [2.05, 4.69) is 31.2 Å². The molecule has 16 heavy (non-hydrogen) atoms. The normalized spacial score (nSPS) is 20.8. The third-order valence-electron chi connectivity index (χ3n) is 3.27. The van der Waals surface area contributed by atoms with E-state index in [1.807, 2.05) is 11.8 Å². The second kappa shape index (κ2) is 5.74. The molecule has 2 rings (SSSR count). The highest BCUT2D eigenvalue weighted by Crippen LogP contribution is 2.39. The molecule has 1 nitrogen and oxygen atoms in total. The van der Waals surface area contributed by atoms with E-state index in [-0.39, 0.29) is 0 Å². The number of fused-ring (bicyclic) bond motifs is 1. The molecule has 2 atom stereocenters. The van der Waals surface area contributed by atoms with Gasteiger partial charge in [-0.3, -0.25) is 0 Å². The summed E-state index contributed by atoms with van der Waals surface area (Å²) in [7, 11) is 0. The van der Waals surface area contributed by atoms with E-state index < -0.39 is 0 Å². The number of hydrogen-bond donors (Lipinski definition) is 1. The zero-order chi connectivity index (χ0) is 11.4. The third-order valence-corrected chi connectivity index (χ3v) is 4.61. The molecule has 0 fully saturated rings. The molecular weight excluding hydrogens is 216 g/mol. The minimum atomic E-state index is 0.348. The van der Waals surface area contributed by atoms with Crippen LogP contribution in [0.25, 0.3) is 0 Å². The molecule has 1 N–H and O–H groups in total. The summed E-state index contributed by atoms with van der Waals surface area (Å²) in [5.74, 6) is 0.497. The highest BCUT2D eigenvalue weighted by Gasteiger charge is 2.24. The Morgan fingerprint density at radius 2 is 2.25 bits per heavy atom. The van der Waals surface area contributed by atoms with Crippen LogP contribution in [0.15, 0.2) is 29.2 Å². The molecule has 1 aromatic carbocycles. The van der Waals surface area contributed by atoms with Crippen molar-refractivity contribution in [3.8, 4) is 0 Å². The largest absolute Gasteiger partial charge is 0.396 e. The van der Waals surface area contributed by atoms with E-state index in [9.17, 15) is 5.11 Å². The second-order valence-corrected chi connectivity index (χ2v) is 5.97. The second-order valence-electron chi connectivity index (χ2n) is 4.62. The molecule has 1 heterocycles. The van der Waals surface area contributed by atoms with Crippen molar-refractivity contribution < 1.29 is 5.11 Å². The number of benzene rings is 1. The van der Waals surface area contributed by atoms with E-state index in [0.29, 0.717) is 17.8 Å². The highest BCUT2D eigenvalue weighted by atomic mass is 32.2. The molecule has 0 spiro atoms. The lowest BCUT2D eigenvalue weighted by atomic mass is 9.96. The van der Waals surface area contributed by atoms with Gasteiger partial charge in [0.25, 0.3) is 0 Å². The molecule has 0 aromatic heterocycles. The van der Waals surface area contributed by atoms with Gasteiger partial charge in [0.2, 0.25) is 0 Å². The van der Waals surface area contributed by atoms with E-state index in [1.54, 1.807) is 0 Å². The van der Waals surface area contributed by atoms with Crippen molar-refractivity contribution >= 4 is 11.8 Å². The first-order valence-electron chi connectivity index (χ1n) is 6.19. The van der Waals surface area contributed by atoms with E-state index >= 15 is 0 Å². The first-order valence-corrected chi connectivity index (χ1v) is 7.06. The molecule has 1 aromatic rings. The van der Waals surface area contributed by atoms with Crippen LogP contribution in [0, 0.1) is 5.92 Å². The summed E-state index contributed by atoms with van der Waals surface area (Å²) in [6.07, 6.45) is 4.67. The molecule has 1 aliphatic heterocycles. The van der Waals surface area contributed by atoms with Crippen LogP contribution in [0.1, 0.15) is 31.7 Å². The van der Waals surface area contributed by atoms with Crippen molar-refractivity contribution in [1.29, 1.82) is 0 Å². The summed E-state index contributed by atoms with van der Waals surface area (Å²) in [6.45, 7) is 2.54. The summed E-state index contributed by atoms with van der Waals surface area (Å²) in [6, 6.07) is 8.69. The fourth-order valence-electron chi connectivity index (χ4n) is 2.45. The van der Waals surface area contributed by atoms with Crippen LogP contribution >= 0.6 is 11.8 Å². The van der Waals surface area contributed by atoms with Crippen molar-refractivity contribution in [2.45, 2.75) is 42.8 Å². The predicted octanol–water partition coefficient (Wildman–Crippen LogP) is 3.50. The van der Waals surface area contributed by atoms with Crippen LogP contribution in [0.2, 0.25) is 0 Å². The SMILES string of the molecule is CCCC(CO)CC1Cc2ccccc2S1. The van der Waals surface area contributed by atoms with Crippen LogP contribution in [-0.4, -0.2) is 17.0 Å². The maximum Gasteiger partial charge on any atom is 0.0459 e. The van der Waals surface area contributed by atoms with Gasteiger partial charge >= 0.3 is 0 Å². The quantitative estimate of drug-likeness (QED) is 0.844.